The molecule has 0 fully saturated rings. The lowest BCUT2D eigenvalue weighted by Gasteiger charge is -2.09. The van der Waals surface area contributed by atoms with Gasteiger partial charge in [0.05, 0.1) is 24.7 Å². The van der Waals surface area contributed by atoms with Crippen molar-refractivity contribution in [1.82, 2.24) is 0 Å². The summed E-state index contributed by atoms with van der Waals surface area (Å²) in [6.45, 7) is 3.04. The van der Waals surface area contributed by atoms with Gasteiger partial charge in [-0.25, -0.2) is 13.6 Å². The number of ether oxygens (including phenoxy) is 1. The molecule has 0 heterocycles. The normalized spacial score (nSPS) is 12.3. The maximum atomic E-state index is 11.6. The molecular formula is C17H21N3O3S. The molecule has 0 saturated heterocycles. The second kappa shape index (κ2) is 8.05. The number of benzene rings is 2. The Bertz CT molecular complexity index is 818. The average molecular weight is 347 g/mol. The number of nitrogens with two attached hydrogens (primary N) is 2. The Balaban J connectivity index is 2.00. The third-order valence-electron chi connectivity index (χ3n) is 3.35. The summed E-state index contributed by atoms with van der Waals surface area (Å²) in [5.41, 5.74) is 8.19. The van der Waals surface area contributed by atoms with E-state index in [9.17, 15) is 8.42 Å². The standard InChI is InChI=1S/C17H21N3O3S/c1-13-7-8-16(24(19,21)22)15(11-13)17(18)20-9-10-23-12-14-5-3-2-4-6-14/h2-8,11H,9-10,12H2,1H3,(H2,18,20)(H2,19,21,22). The first-order valence-electron chi connectivity index (χ1n) is 7.43. The molecule has 0 aliphatic carbocycles. The summed E-state index contributed by atoms with van der Waals surface area (Å²) in [7, 11) is -3.86. The minimum absolute atomic E-state index is 0.0282. The number of aryl methyl sites for hydroxylation is 1. The molecule has 2 aromatic carbocycles. The summed E-state index contributed by atoms with van der Waals surface area (Å²) in [5.74, 6) is 0.131. The molecule has 0 aliphatic rings. The van der Waals surface area contributed by atoms with E-state index >= 15 is 0 Å². The fourth-order valence-corrected chi connectivity index (χ4v) is 2.90. The number of primary sulfonamides is 1. The van der Waals surface area contributed by atoms with E-state index in [1.807, 2.05) is 37.3 Å². The summed E-state index contributed by atoms with van der Waals surface area (Å²) in [4.78, 5) is 4.16. The summed E-state index contributed by atoms with van der Waals surface area (Å²) in [6, 6.07) is 14.5. The van der Waals surface area contributed by atoms with Crippen LogP contribution in [0.15, 0.2) is 58.4 Å². The Hall–Kier alpha value is -2.22. The van der Waals surface area contributed by atoms with Crippen molar-refractivity contribution in [3.63, 3.8) is 0 Å². The maximum Gasteiger partial charge on any atom is 0.238 e. The van der Waals surface area contributed by atoms with Crippen LogP contribution in [0.1, 0.15) is 16.7 Å². The van der Waals surface area contributed by atoms with Crippen molar-refractivity contribution >= 4 is 15.9 Å². The van der Waals surface area contributed by atoms with Gasteiger partial charge in [0, 0.05) is 5.56 Å². The lowest BCUT2D eigenvalue weighted by Crippen LogP contribution is -2.22. The lowest BCUT2D eigenvalue weighted by atomic mass is 10.1. The van der Waals surface area contributed by atoms with E-state index in [0.29, 0.717) is 25.3 Å². The number of amidine groups is 1. The minimum atomic E-state index is -3.86. The molecule has 2 rings (SSSR count). The quantitative estimate of drug-likeness (QED) is 0.450. The van der Waals surface area contributed by atoms with E-state index in [4.69, 9.17) is 15.6 Å². The van der Waals surface area contributed by atoms with Crippen molar-refractivity contribution in [3.8, 4) is 0 Å². The third-order valence-corrected chi connectivity index (χ3v) is 4.32. The molecule has 128 valence electrons. The van der Waals surface area contributed by atoms with Crippen LogP contribution in [-0.4, -0.2) is 27.4 Å². The Morgan fingerprint density at radius 2 is 1.88 bits per heavy atom. The van der Waals surface area contributed by atoms with Crippen LogP contribution in [0, 0.1) is 6.92 Å². The van der Waals surface area contributed by atoms with Gasteiger partial charge in [-0.3, -0.25) is 4.99 Å². The summed E-state index contributed by atoms with van der Waals surface area (Å²) in [5, 5.41) is 5.22. The molecule has 0 bridgehead atoms. The first-order chi connectivity index (χ1) is 11.4. The number of sulfonamides is 1. The molecule has 0 atom stereocenters. The van der Waals surface area contributed by atoms with Crippen molar-refractivity contribution in [2.24, 2.45) is 15.9 Å². The zero-order chi connectivity index (χ0) is 17.6. The lowest BCUT2D eigenvalue weighted by molar-refractivity contribution is 0.128. The minimum Gasteiger partial charge on any atom is -0.383 e. The Morgan fingerprint density at radius 3 is 2.54 bits per heavy atom. The van der Waals surface area contributed by atoms with E-state index in [-0.39, 0.29) is 10.7 Å². The Morgan fingerprint density at radius 1 is 1.17 bits per heavy atom. The van der Waals surface area contributed by atoms with Gasteiger partial charge in [0.1, 0.15) is 5.84 Å². The monoisotopic (exact) mass is 347 g/mol. The Kier molecular flexibility index (Phi) is 6.08. The molecule has 0 amide bonds. The highest BCUT2D eigenvalue weighted by atomic mass is 32.2. The van der Waals surface area contributed by atoms with E-state index in [0.717, 1.165) is 11.1 Å². The van der Waals surface area contributed by atoms with Gasteiger partial charge in [-0.1, -0.05) is 42.0 Å². The van der Waals surface area contributed by atoms with Crippen molar-refractivity contribution in [3.05, 3.63) is 65.2 Å². The summed E-state index contributed by atoms with van der Waals surface area (Å²) < 4.78 is 28.8. The van der Waals surface area contributed by atoms with Crippen LogP contribution in [0.4, 0.5) is 0 Å². The average Bonchev–Trinajstić information content (AvgIpc) is 2.54. The number of aliphatic imine (C=N–C) groups is 1. The SMILES string of the molecule is Cc1ccc(S(N)(=O)=O)c(C(N)=NCCOCc2ccccc2)c1. The molecule has 24 heavy (non-hydrogen) atoms. The van der Waals surface area contributed by atoms with Gasteiger partial charge in [0.2, 0.25) is 10.0 Å². The molecule has 7 heteroatoms. The predicted octanol–water partition coefficient (Wildman–Crippen LogP) is 1.56. The molecule has 0 aromatic heterocycles. The van der Waals surface area contributed by atoms with E-state index in [1.54, 1.807) is 12.1 Å². The topological polar surface area (TPSA) is 108 Å². The van der Waals surface area contributed by atoms with E-state index < -0.39 is 10.0 Å². The van der Waals surface area contributed by atoms with Gasteiger partial charge in [0.15, 0.2) is 0 Å². The largest absolute Gasteiger partial charge is 0.383 e. The molecule has 0 spiro atoms. The highest BCUT2D eigenvalue weighted by Crippen LogP contribution is 2.16. The number of rotatable bonds is 7. The molecule has 0 unspecified atom stereocenters. The van der Waals surface area contributed by atoms with Crippen molar-refractivity contribution < 1.29 is 13.2 Å². The van der Waals surface area contributed by atoms with Gasteiger partial charge in [0.25, 0.3) is 0 Å². The smallest absolute Gasteiger partial charge is 0.238 e. The first-order valence-corrected chi connectivity index (χ1v) is 8.98. The van der Waals surface area contributed by atoms with Crippen LogP contribution >= 0.6 is 0 Å². The van der Waals surface area contributed by atoms with Crippen LogP contribution in [0.2, 0.25) is 0 Å². The Labute approximate surface area is 142 Å². The fourth-order valence-electron chi connectivity index (χ4n) is 2.17. The second-order valence-electron chi connectivity index (χ2n) is 5.35. The van der Waals surface area contributed by atoms with Gasteiger partial charge >= 0.3 is 0 Å². The molecule has 0 radical (unpaired) electrons. The molecule has 6 nitrogen and oxygen atoms in total. The number of nitrogens with zero attached hydrogens (tertiary/aromatic N) is 1. The van der Waals surface area contributed by atoms with Gasteiger partial charge in [-0.15, -0.1) is 0 Å². The molecule has 0 aliphatic heterocycles. The molecule has 2 aromatic rings. The zero-order valence-electron chi connectivity index (χ0n) is 13.5. The molecule has 4 N–H and O–H groups in total. The second-order valence-corrected chi connectivity index (χ2v) is 6.88. The van der Waals surface area contributed by atoms with Crippen LogP contribution in [0.5, 0.6) is 0 Å². The van der Waals surface area contributed by atoms with Crippen LogP contribution in [-0.2, 0) is 21.4 Å². The third kappa shape index (κ3) is 5.16. The van der Waals surface area contributed by atoms with Crippen LogP contribution in [0.25, 0.3) is 0 Å². The van der Waals surface area contributed by atoms with Gasteiger partial charge in [-0.2, -0.15) is 0 Å². The van der Waals surface area contributed by atoms with Crippen molar-refractivity contribution in [2.75, 3.05) is 13.2 Å². The van der Waals surface area contributed by atoms with Gasteiger partial charge < -0.3 is 10.5 Å². The van der Waals surface area contributed by atoms with Crippen molar-refractivity contribution in [1.29, 1.82) is 0 Å². The first kappa shape index (κ1) is 18.1. The molecular weight excluding hydrogens is 326 g/mol. The van der Waals surface area contributed by atoms with Crippen LogP contribution in [0.3, 0.4) is 0 Å². The summed E-state index contributed by atoms with van der Waals surface area (Å²) >= 11 is 0. The number of hydrogen-bond acceptors (Lipinski definition) is 4. The van der Waals surface area contributed by atoms with E-state index in [1.165, 1.54) is 6.07 Å². The van der Waals surface area contributed by atoms with Crippen LogP contribution < -0.4 is 10.9 Å². The predicted molar refractivity (Wildman–Crippen MR) is 94.2 cm³/mol. The van der Waals surface area contributed by atoms with E-state index in [2.05, 4.69) is 4.99 Å². The number of hydrogen-bond donors (Lipinski definition) is 2. The highest BCUT2D eigenvalue weighted by molar-refractivity contribution is 7.89. The zero-order valence-corrected chi connectivity index (χ0v) is 14.3. The fraction of sp³-hybridized carbons (Fsp3) is 0.235. The highest BCUT2D eigenvalue weighted by Gasteiger charge is 2.16. The summed E-state index contributed by atoms with van der Waals surface area (Å²) in [6.07, 6.45) is 0. The maximum absolute atomic E-state index is 11.6. The van der Waals surface area contributed by atoms with Gasteiger partial charge in [-0.05, 0) is 24.6 Å². The molecule has 0 saturated carbocycles. The van der Waals surface area contributed by atoms with Crippen molar-refractivity contribution in [2.45, 2.75) is 18.4 Å².